The molecule has 0 aromatic heterocycles. The number of carbonyl (C=O) groups excluding carboxylic acids is 1. The first-order valence-electron chi connectivity index (χ1n) is 11.6. The van der Waals surface area contributed by atoms with E-state index in [4.69, 9.17) is 4.74 Å². The lowest BCUT2D eigenvalue weighted by Crippen LogP contribution is -2.28. The van der Waals surface area contributed by atoms with E-state index in [1.807, 2.05) is 24.3 Å². The van der Waals surface area contributed by atoms with Crippen LogP contribution in [0.5, 0.6) is 5.75 Å². The SMILES string of the molecule is O=C(CCc1cccc(OC2CCCC2)c1)NCc1ccc(S(=O)(=O)N2CCCC2)cc1. The van der Waals surface area contributed by atoms with Crippen LogP contribution in [0.3, 0.4) is 0 Å². The molecule has 2 aromatic rings. The van der Waals surface area contributed by atoms with Gasteiger partial charge in [0.1, 0.15) is 5.75 Å². The van der Waals surface area contributed by atoms with Crippen LogP contribution >= 0.6 is 0 Å². The zero-order valence-electron chi connectivity index (χ0n) is 18.5. The van der Waals surface area contributed by atoms with Crippen LogP contribution in [0.4, 0.5) is 0 Å². The van der Waals surface area contributed by atoms with E-state index in [1.54, 1.807) is 24.3 Å². The first-order chi connectivity index (χ1) is 15.5. The molecule has 0 spiro atoms. The van der Waals surface area contributed by atoms with Crippen LogP contribution in [0.2, 0.25) is 0 Å². The minimum atomic E-state index is -3.40. The van der Waals surface area contributed by atoms with Crippen molar-refractivity contribution in [1.82, 2.24) is 9.62 Å². The summed E-state index contributed by atoms with van der Waals surface area (Å²) in [5, 5.41) is 2.93. The molecule has 2 aromatic carbocycles. The Hall–Kier alpha value is -2.38. The minimum absolute atomic E-state index is 0.0270. The van der Waals surface area contributed by atoms with E-state index in [0.29, 0.717) is 43.5 Å². The Kier molecular flexibility index (Phi) is 7.48. The van der Waals surface area contributed by atoms with Crippen molar-refractivity contribution in [3.63, 3.8) is 0 Å². The third-order valence-electron chi connectivity index (χ3n) is 6.26. The third-order valence-corrected chi connectivity index (χ3v) is 8.17. The third kappa shape index (κ3) is 5.90. The van der Waals surface area contributed by atoms with Crippen molar-refractivity contribution in [2.24, 2.45) is 0 Å². The van der Waals surface area contributed by atoms with E-state index in [-0.39, 0.29) is 5.91 Å². The topological polar surface area (TPSA) is 75.7 Å². The van der Waals surface area contributed by atoms with Crippen molar-refractivity contribution in [1.29, 1.82) is 0 Å². The van der Waals surface area contributed by atoms with Gasteiger partial charge in [-0.15, -0.1) is 0 Å². The van der Waals surface area contributed by atoms with Gasteiger partial charge in [-0.2, -0.15) is 4.31 Å². The molecule has 0 unspecified atom stereocenters. The predicted octanol–water partition coefficient (Wildman–Crippen LogP) is 4.04. The molecule has 0 radical (unpaired) electrons. The zero-order valence-corrected chi connectivity index (χ0v) is 19.3. The Labute approximate surface area is 191 Å². The lowest BCUT2D eigenvalue weighted by Gasteiger charge is -2.15. The number of sulfonamides is 1. The fraction of sp³-hybridized carbons (Fsp3) is 0.480. The molecular formula is C25H32N2O4S. The van der Waals surface area contributed by atoms with E-state index in [2.05, 4.69) is 5.32 Å². The van der Waals surface area contributed by atoms with Crippen LogP contribution in [0.1, 0.15) is 56.1 Å². The second kappa shape index (κ2) is 10.5. The van der Waals surface area contributed by atoms with E-state index in [1.165, 1.54) is 17.1 Å². The molecule has 1 N–H and O–H groups in total. The average molecular weight is 457 g/mol. The van der Waals surface area contributed by atoms with Crippen molar-refractivity contribution >= 4 is 15.9 Å². The first-order valence-corrected chi connectivity index (χ1v) is 13.1. The number of carbonyl (C=O) groups is 1. The van der Waals surface area contributed by atoms with Gasteiger partial charge < -0.3 is 10.1 Å². The van der Waals surface area contributed by atoms with Gasteiger partial charge in [-0.25, -0.2) is 8.42 Å². The van der Waals surface area contributed by atoms with Gasteiger partial charge in [0.15, 0.2) is 0 Å². The maximum atomic E-state index is 12.6. The van der Waals surface area contributed by atoms with Gasteiger partial charge in [0.25, 0.3) is 0 Å². The Balaban J connectivity index is 1.23. The normalized spacial score (nSPS) is 17.5. The summed E-state index contributed by atoms with van der Waals surface area (Å²) >= 11 is 0. The quantitative estimate of drug-likeness (QED) is 0.618. The maximum absolute atomic E-state index is 12.6. The molecule has 32 heavy (non-hydrogen) atoms. The fourth-order valence-electron chi connectivity index (χ4n) is 4.38. The highest BCUT2D eigenvalue weighted by Crippen LogP contribution is 2.25. The van der Waals surface area contributed by atoms with Crippen LogP contribution in [0, 0.1) is 0 Å². The van der Waals surface area contributed by atoms with E-state index in [0.717, 1.165) is 42.6 Å². The Morgan fingerprint density at radius 2 is 1.69 bits per heavy atom. The molecular weight excluding hydrogens is 424 g/mol. The summed E-state index contributed by atoms with van der Waals surface area (Å²) in [6.45, 7) is 1.57. The largest absolute Gasteiger partial charge is 0.490 e. The van der Waals surface area contributed by atoms with Gasteiger partial charge in [-0.3, -0.25) is 4.79 Å². The molecule has 1 saturated heterocycles. The highest BCUT2D eigenvalue weighted by Gasteiger charge is 2.26. The smallest absolute Gasteiger partial charge is 0.243 e. The van der Waals surface area contributed by atoms with E-state index < -0.39 is 10.0 Å². The zero-order chi connectivity index (χ0) is 22.4. The molecule has 2 fully saturated rings. The fourth-order valence-corrected chi connectivity index (χ4v) is 5.89. The van der Waals surface area contributed by atoms with Crippen LogP contribution in [0.25, 0.3) is 0 Å². The van der Waals surface area contributed by atoms with Gasteiger partial charge in [-0.05, 0) is 80.3 Å². The molecule has 0 bridgehead atoms. The number of benzene rings is 2. The summed E-state index contributed by atoms with van der Waals surface area (Å²) in [5.41, 5.74) is 1.97. The lowest BCUT2D eigenvalue weighted by molar-refractivity contribution is -0.121. The Morgan fingerprint density at radius 3 is 2.41 bits per heavy atom. The van der Waals surface area contributed by atoms with Gasteiger partial charge in [0, 0.05) is 26.1 Å². The van der Waals surface area contributed by atoms with Crippen LogP contribution in [0.15, 0.2) is 53.4 Å². The molecule has 0 atom stereocenters. The number of hydrogen-bond acceptors (Lipinski definition) is 4. The van der Waals surface area contributed by atoms with Crippen molar-refractivity contribution < 1.29 is 17.9 Å². The van der Waals surface area contributed by atoms with Gasteiger partial charge >= 0.3 is 0 Å². The standard InChI is InChI=1S/C25H32N2O4S/c28-25(15-12-20-6-5-9-23(18-20)31-22-7-1-2-8-22)26-19-21-10-13-24(14-11-21)32(29,30)27-16-3-4-17-27/h5-6,9-11,13-14,18,22H,1-4,7-8,12,15-17,19H2,(H,26,28). The second-order valence-electron chi connectivity index (χ2n) is 8.70. The molecule has 1 heterocycles. The summed E-state index contributed by atoms with van der Waals surface area (Å²) < 4.78 is 32.8. The average Bonchev–Trinajstić information content (AvgIpc) is 3.52. The molecule has 4 rings (SSSR count). The van der Waals surface area contributed by atoms with Gasteiger partial charge in [-0.1, -0.05) is 24.3 Å². The summed E-state index contributed by atoms with van der Waals surface area (Å²) in [7, 11) is -3.40. The van der Waals surface area contributed by atoms with E-state index >= 15 is 0 Å². The highest BCUT2D eigenvalue weighted by atomic mass is 32.2. The number of amides is 1. The molecule has 6 nitrogen and oxygen atoms in total. The summed E-state index contributed by atoms with van der Waals surface area (Å²) in [4.78, 5) is 12.6. The van der Waals surface area contributed by atoms with Crippen LogP contribution in [-0.4, -0.2) is 37.8 Å². The number of hydrogen-bond donors (Lipinski definition) is 1. The Morgan fingerprint density at radius 1 is 0.969 bits per heavy atom. The minimum Gasteiger partial charge on any atom is -0.490 e. The summed E-state index contributed by atoms with van der Waals surface area (Å²) in [6, 6.07) is 14.8. The van der Waals surface area contributed by atoms with Crippen LogP contribution in [-0.2, 0) is 27.8 Å². The molecule has 1 saturated carbocycles. The molecule has 1 amide bonds. The Bertz CT molecular complexity index is 1010. The van der Waals surface area contributed by atoms with Crippen molar-refractivity contribution in [2.75, 3.05) is 13.1 Å². The predicted molar refractivity (Wildman–Crippen MR) is 124 cm³/mol. The molecule has 7 heteroatoms. The highest BCUT2D eigenvalue weighted by molar-refractivity contribution is 7.89. The molecule has 2 aliphatic rings. The number of nitrogens with one attached hydrogen (secondary N) is 1. The van der Waals surface area contributed by atoms with Crippen molar-refractivity contribution in [3.05, 3.63) is 59.7 Å². The maximum Gasteiger partial charge on any atom is 0.243 e. The number of nitrogens with zero attached hydrogens (tertiary/aromatic N) is 1. The molecule has 1 aliphatic heterocycles. The number of rotatable bonds is 9. The van der Waals surface area contributed by atoms with Gasteiger partial charge in [0.2, 0.25) is 15.9 Å². The van der Waals surface area contributed by atoms with Crippen LogP contribution < -0.4 is 10.1 Å². The molecule has 172 valence electrons. The second-order valence-corrected chi connectivity index (χ2v) is 10.6. The van der Waals surface area contributed by atoms with Crippen molar-refractivity contribution in [2.45, 2.75) is 68.9 Å². The van der Waals surface area contributed by atoms with Gasteiger partial charge in [0.05, 0.1) is 11.0 Å². The molecule has 1 aliphatic carbocycles. The monoisotopic (exact) mass is 456 g/mol. The summed E-state index contributed by atoms with van der Waals surface area (Å²) in [5.74, 6) is 0.861. The summed E-state index contributed by atoms with van der Waals surface area (Å²) in [6.07, 6.45) is 7.93. The van der Waals surface area contributed by atoms with E-state index in [9.17, 15) is 13.2 Å². The first kappa shape index (κ1) is 22.8. The number of ether oxygens (including phenoxy) is 1. The van der Waals surface area contributed by atoms with Crippen molar-refractivity contribution in [3.8, 4) is 5.75 Å². The lowest BCUT2D eigenvalue weighted by atomic mass is 10.1. The number of aryl methyl sites for hydroxylation is 1.